The van der Waals surface area contributed by atoms with Crippen LogP contribution in [0.4, 0.5) is 0 Å². The van der Waals surface area contributed by atoms with Gasteiger partial charge < -0.3 is 4.90 Å². The molecule has 4 aromatic rings. The minimum absolute atomic E-state index is 0.0857. The van der Waals surface area contributed by atoms with Crippen LogP contribution in [0.1, 0.15) is 34.3 Å². The smallest absolute Gasteiger partial charge is 0.266 e. The second kappa shape index (κ2) is 9.54. The first-order chi connectivity index (χ1) is 16.6. The number of thioether (sulfide) groups is 1. The average Bonchev–Trinajstić information content (AvgIpc) is 3.43. The Kier molecular flexibility index (Phi) is 6.15. The van der Waals surface area contributed by atoms with Gasteiger partial charge in [0.05, 0.1) is 28.2 Å². The van der Waals surface area contributed by atoms with Gasteiger partial charge in [-0.15, -0.1) is 0 Å². The van der Waals surface area contributed by atoms with Crippen LogP contribution in [-0.2, 0) is 5.75 Å². The zero-order valence-corrected chi connectivity index (χ0v) is 19.3. The van der Waals surface area contributed by atoms with E-state index >= 15 is 0 Å². The molecular weight excluding hydrogens is 444 g/mol. The van der Waals surface area contributed by atoms with Crippen molar-refractivity contribution in [3.05, 3.63) is 99.8 Å². The zero-order chi connectivity index (χ0) is 23.5. The van der Waals surface area contributed by atoms with Crippen molar-refractivity contribution >= 4 is 28.6 Å². The highest BCUT2D eigenvalue weighted by molar-refractivity contribution is 7.98. The summed E-state index contributed by atoms with van der Waals surface area (Å²) in [6.45, 7) is 1.66. The molecule has 1 fully saturated rings. The Balaban J connectivity index is 1.44. The minimum Gasteiger partial charge on any atom is -0.339 e. The van der Waals surface area contributed by atoms with Gasteiger partial charge in [-0.1, -0.05) is 36.0 Å². The maximum Gasteiger partial charge on any atom is 0.266 e. The number of carbonyl (C=O) groups excluding carboxylic acids is 1. The van der Waals surface area contributed by atoms with Crippen LogP contribution >= 0.6 is 11.8 Å². The van der Waals surface area contributed by atoms with Crippen LogP contribution in [0.25, 0.3) is 16.6 Å². The largest absolute Gasteiger partial charge is 0.339 e. The molecule has 0 saturated carbocycles. The molecule has 1 saturated heterocycles. The summed E-state index contributed by atoms with van der Waals surface area (Å²) in [6, 6.07) is 24.0. The quantitative estimate of drug-likeness (QED) is 0.312. The van der Waals surface area contributed by atoms with Gasteiger partial charge >= 0.3 is 0 Å². The number of fused-ring (bicyclic) bond motifs is 1. The first kappa shape index (κ1) is 21.9. The van der Waals surface area contributed by atoms with Gasteiger partial charge in [0.15, 0.2) is 5.16 Å². The number of hydrogen-bond acceptors (Lipinski definition) is 5. The van der Waals surface area contributed by atoms with E-state index in [0.29, 0.717) is 38.6 Å². The first-order valence-electron chi connectivity index (χ1n) is 11.2. The highest BCUT2D eigenvalue weighted by Gasteiger charge is 2.19. The van der Waals surface area contributed by atoms with Gasteiger partial charge in [-0.05, 0) is 66.9 Å². The molecule has 0 aliphatic carbocycles. The van der Waals surface area contributed by atoms with E-state index in [9.17, 15) is 9.59 Å². The Morgan fingerprint density at radius 3 is 2.38 bits per heavy atom. The molecule has 5 rings (SSSR count). The number of likely N-dealkylation sites (tertiary alicyclic amines) is 1. The molecule has 7 heteroatoms. The summed E-state index contributed by atoms with van der Waals surface area (Å²) in [5.74, 6) is 0.682. The number of hydrogen-bond donors (Lipinski definition) is 0. The summed E-state index contributed by atoms with van der Waals surface area (Å²) in [7, 11) is 0. The maximum atomic E-state index is 13.4. The lowest BCUT2D eigenvalue weighted by Gasteiger charge is -2.15. The number of carbonyl (C=O) groups is 1. The normalized spacial score (nSPS) is 13.2. The van der Waals surface area contributed by atoms with Gasteiger partial charge in [0, 0.05) is 24.4 Å². The maximum absolute atomic E-state index is 13.4. The van der Waals surface area contributed by atoms with E-state index in [2.05, 4.69) is 6.07 Å². The molecule has 0 unspecified atom stereocenters. The van der Waals surface area contributed by atoms with Crippen LogP contribution in [0, 0.1) is 11.3 Å². The van der Waals surface area contributed by atoms with Gasteiger partial charge in [0.25, 0.3) is 11.5 Å². The Morgan fingerprint density at radius 2 is 1.68 bits per heavy atom. The minimum atomic E-state index is -0.149. The fourth-order valence-corrected chi connectivity index (χ4v) is 5.08. The van der Waals surface area contributed by atoms with E-state index in [1.165, 1.54) is 11.8 Å². The van der Waals surface area contributed by atoms with Crippen molar-refractivity contribution < 1.29 is 4.79 Å². The molecule has 1 aliphatic rings. The standard InChI is InChI=1S/C27H22N4O2S/c28-17-19-9-13-22(14-10-19)31-26(33)23-5-1-2-6-24(23)29-27(31)34-18-20-7-11-21(12-8-20)25(32)30-15-3-4-16-30/h1-2,5-14H,3-4,15-16,18H2. The third-order valence-corrected chi connectivity index (χ3v) is 6.97. The summed E-state index contributed by atoms with van der Waals surface area (Å²) in [5.41, 5.74) is 3.43. The van der Waals surface area contributed by atoms with Gasteiger partial charge in [-0.25, -0.2) is 4.98 Å². The number of amides is 1. The molecule has 1 aliphatic heterocycles. The molecule has 168 valence electrons. The molecule has 0 spiro atoms. The van der Waals surface area contributed by atoms with Gasteiger partial charge in [0.1, 0.15) is 0 Å². The Morgan fingerprint density at radius 1 is 0.971 bits per heavy atom. The monoisotopic (exact) mass is 466 g/mol. The SMILES string of the molecule is N#Cc1ccc(-n2c(SCc3ccc(C(=O)N4CCCC4)cc3)nc3ccccc3c2=O)cc1. The average molecular weight is 467 g/mol. The Hall–Kier alpha value is -3.89. The molecule has 0 N–H and O–H groups in total. The molecule has 1 amide bonds. The molecule has 0 bridgehead atoms. The molecule has 34 heavy (non-hydrogen) atoms. The molecule has 2 heterocycles. The summed E-state index contributed by atoms with van der Waals surface area (Å²) < 4.78 is 1.60. The highest BCUT2D eigenvalue weighted by atomic mass is 32.2. The van der Waals surface area contributed by atoms with Crippen LogP contribution in [-0.4, -0.2) is 33.4 Å². The number of para-hydroxylation sites is 1. The van der Waals surface area contributed by atoms with E-state index in [1.807, 2.05) is 47.4 Å². The lowest BCUT2D eigenvalue weighted by molar-refractivity contribution is 0.0793. The first-order valence-corrected chi connectivity index (χ1v) is 12.2. The van der Waals surface area contributed by atoms with Crippen molar-refractivity contribution in [1.29, 1.82) is 5.26 Å². The van der Waals surface area contributed by atoms with E-state index in [-0.39, 0.29) is 11.5 Å². The number of nitriles is 1. The lowest BCUT2D eigenvalue weighted by atomic mass is 10.1. The molecule has 6 nitrogen and oxygen atoms in total. The van der Waals surface area contributed by atoms with E-state index < -0.39 is 0 Å². The van der Waals surface area contributed by atoms with Crippen LogP contribution in [0.3, 0.4) is 0 Å². The predicted octanol–water partition coefficient (Wildman–Crippen LogP) is 4.79. The number of benzene rings is 3. The third-order valence-electron chi connectivity index (χ3n) is 5.96. The number of nitrogens with zero attached hydrogens (tertiary/aromatic N) is 4. The fourth-order valence-electron chi connectivity index (χ4n) is 4.12. The molecule has 3 aromatic carbocycles. The van der Waals surface area contributed by atoms with E-state index in [1.54, 1.807) is 34.9 Å². The summed E-state index contributed by atoms with van der Waals surface area (Å²) in [4.78, 5) is 32.6. The molecule has 1 aromatic heterocycles. The Bertz CT molecular complexity index is 1450. The van der Waals surface area contributed by atoms with Crippen LogP contribution < -0.4 is 5.56 Å². The topological polar surface area (TPSA) is 79.0 Å². The van der Waals surface area contributed by atoms with Gasteiger partial charge in [-0.3, -0.25) is 14.2 Å². The lowest BCUT2D eigenvalue weighted by Crippen LogP contribution is -2.27. The third kappa shape index (κ3) is 4.33. The molecular formula is C27H22N4O2S. The molecule has 0 radical (unpaired) electrons. The van der Waals surface area contributed by atoms with Crippen molar-refractivity contribution in [1.82, 2.24) is 14.5 Å². The van der Waals surface area contributed by atoms with Crippen LogP contribution in [0.15, 0.2) is 82.7 Å². The highest BCUT2D eigenvalue weighted by Crippen LogP contribution is 2.25. The van der Waals surface area contributed by atoms with Crippen molar-refractivity contribution in [3.8, 4) is 11.8 Å². The number of rotatable bonds is 5. The summed E-state index contributed by atoms with van der Waals surface area (Å²) in [5, 5.41) is 10.2. The van der Waals surface area contributed by atoms with E-state index in [0.717, 1.165) is 31.5 Å². The van der Waals surface area contributed by atoms with Crippen molar-refractivity contribution in [2.24, 2.45) is 0 Å². The molecule has 0 atom stereocenters. The van der Waals surface area contributed by atoms with Crippen molar-refractivity contribution in [3.63, 3.8) is 0 Å². The van der Waals surface area contributed by atoms with Gasteiger partial charge in [-0.2, -0.15) is 5.26 Å². The Labute approximate surface area is 201 Å². The van der Waals surface area contributed by atoms with E-state index in [4.69, 9.17) is 10.2 Å². The number of aromatic nitrogens is 2. The van der Waals surface area contributed by atoms with Crippen LogP contribution in [0.2, 0.25) is 0 Å². The van der Waals surface area contributed by atoms with Crippen molar-refractivity contribution in [2.45, 2.75) is 23.8 Å². The van der Waals surface area contributed by atoms with Crippen molar-refractivity contribution in [2.75, 3.05) is 13.1 Å². The fraction of sp³-hybridized carbons (Fsp3) is 0.185. The van der Waals surface area contributed by atoms with Gasteiger partial charge in [0.2, 0.25) is 0 Å². The second-order valence-electron chi connectivity index (χ2n) is 8.20. The van der Waals surface area contributed by atoms with Crippen LogP contribution in [0.5, 0.6) is 0 Å². The predicted molar refractivity (Wildman–Crippen MR) is 133 cm³/mol. The summed E-state index contributed by atoms with van der Waals surface area (Å²) >= 11 is 1.47. The summed E-state index contributed by atoms with van der Waals surface area (Å²) in [6.07, 6.45) is 2.14. The second-order valence-corrected chi connectivity index (χ2v) is 9.14. The zero-order valence-electron chi connectivity index (χ0n) is 18.5.